The Morgan fingerprint density at radius 1 is 1.10 bits per heavy atom. The molecule has 2 bridgehead atoms. The van der Waals surface area contributed by atoms with Crippen LogP contribution in [0.5, 0.6) is 5.75 Å². The molecular formula is C39H49N3O8. The molecule has 268 valence electrons. The van der Waals surface area contributed by atoms with Gasteiger partial charge in [-0.05, 0) is 75.3 Å². The summed E-state index contributed by atoms with van der Waals surface area (Å²) in [7, 11) is 1.57. The van der Waals surface area contributed by atoms with E-state index in [-0.39, 0.29) is 43.8 Å². The molecule has 3 saturated heterocycles. The number of hydrogen-bond donors (Lipinski definition) is 2. The van der Waals surface area contributed by atoms with Crippen LogP contribution >= 0.6 is 0 Å². The van der Waals surface area contributed by atoms with Crippen molar-refractivity contribution in [3.05, 3.63) is 85.5 Å². The lowest BCUT2D eigenvalue weighted by Crippen LogP contribution is -2.56. The maximum Gasteiger partial charge on any atom is 0.313 e. The van der Waals surface area contributed by atoms with Crippen LogP contribution in [0, 0.1) is 11.8 Å². The number of carbonyl (C=O) groups excluding carboxylic acids is 4. The predicted octanol–water partition coefficient (Wildman–Crippen LogP) is 4.51. The molecule has 2 N–H and O–H groups in total. The summed E-state index contributed by atoms with van der Waals surface area (Å²) in [6, 6.07) is 14.7. The van der Waals surface area contributed by atoms with Crippen LogP contribution in [0.4, 0.5) is 5.69 Å². The van der Waals surface area contributed by atoms with Crippen LogP contribution in [0.1, 0.15) is 63.5 Å². The van der Waals surface area contributed by atoms with Gasteiger partial charge in [0, 0.05) is 31.8 Å². The van der Waals surface area contributed by atoms with Gasteiger partial charge in [0.25, 0.3) is 5.91 Å². The minimum absolute atomic E-state index is 0.0296. The number of likely N-dealkylation sites (tertiary alicyclic amines) is 1. The van der Waals surface area contributed by atoms with E-state index in [1.165, 1.54) is 0 Å². The van der Waals surface area contributed by atoms with Crippen LogP contribution in [0.25, 0.3) is 0 Å². The minimum Gasteiger partial charge on any atom is -0.497 e. The number of anilines is 1. The van der Waals surface area contributed by atoms with E-state index < -0.39 is 47.7 Å². The fourth-order valence-corrected chi connectivity index (χ4v) is 7.81. The van der Waals surface area contributed by atoms with Crippen molar-refractivity contribution in [2.45, 2.75) is 81.8 Å². The number of ether oxygens (including phenoxy) is 3. The Labute approximate surface area is 294 Å². The Balaban J connectivity index is 1.46. The highest BCUT2D eigenvalue weighted by Crippen LogP contribution is 2.59. The van der Waals surface area contributed by atoms with Gasteiger partial charge in [0.1, 0.15) is 23.5 Å². The fourth-order valence-electron chi connectivity index (χ4n) is 7.81. The highest BCUT2D eigenvalue weighted by Gasteiger charge is 2.75. The highest BCUT2D eigenvalue weighted by atomic mass is 16.6. The van der Waals surface area contributed by atoms with E-state index in [0.29, 0.717) is 55.5 Å². The smallest absolute Gasteiger partial charge is 0.313 e. The Hall–Kier alpha value is -4.48. The molecule has 7 atom stereocenters. The molecule has 0 unspecified atom stereocenters. The SMILES string of the molecule is C=CCCC(=O)N[C@@H](C)[C@H](OC(=O)[C@@H]1[C@@H]2CC[C@]3(O2)[C@H](C(=O)N(CC=C)c2ccc(OC)cc2)N(CCCCCO)C(=O)[C@@H]13)c1ccccc1. The Morgan fingerprint density at radius 3 is 2.50 bits per heavy atom. The molecule has 0 saturated carbocycles. The van der Waals surface area contributed by atoms with E-state index in [4.69, 9.17) is 14.2 Å². The summed E-state index contributed by atoms with van der Waals surface area (Å²) >= 11 is 0. The van der Waals surface area contributed by atoms with Gasteiger partial charge in [0.05, 0.1) is 31.1 Å². The van der Waals surface area contributed by atoms with Gasteiger partial charge in [-0.15, -0.1) is 13.2 Å². The molecule has 0 aliphatic carbocycles. The molecule has 11 nitrogen and oxygen atoms in total. The van der Waals surface area contributed by atoms with Crippen molar-refractivity contribution in [2.24, 2.45) is 11.8 Å². The summed E-state index contributed by atoms with van der Waals surface area (Å²) in [6.07, 6.45) is 5.36. The van der Waals surface area contributed by atoms with E-state index in [2.05, 4.69) is 18.5 Å². The third kappa shape index (κ3) is 7.34. The number of carbonyl (C=O) groups is 4. The molecule has 2 aromatic rings. The number of allylic oxidation sites excluding steroid dienone is 1. The summed E-state index contributed by atoms with van der Waals surface area (Å²) in [6.45, 7) is 9.83. The first-order valence-corrected chi connectivity index (χ1v) is 17.5. The number of fused-ring (bicyclic) bond motifs is 1. The predicted molar refractivity (Wildman–Crippen MR) is 188 cm³/mol. The first-order valence-electron chi connectivity index (χ1n) is 17.5. The summed E-state index contributed by atoms with van der Waals surface area (Å²) in [5.74, 6) is -2.64. The number of methoxy groups -OCH3 is 1. The molecule has 3 aliphatic rings. The van der Waals surface area contributed by atoms with Gasteiger partial charge in [0.15, 0.2) is 0 Å². The van der Waals surface area contributed by atoms with Crippen LogP contribution in [0.15, 0.2) is 79.9 Å². The molecule has 3 aliphatic heterocycles. The number of hydrogen-bond acceptors (Lipinski definition) is 8. The molecule has 3 fully saturated rings. The molecule has 5 rings (SSSR count). The van der Waals surface area contributed by atoms with Gasteiger partial charge in [-0.25, -0.2) is 0 Å². The second kappa shape index (κ2) is 16.5. The molecule has 50 heavy (non-hydrogen) atoms. The van der Waals surface area contributed by atoms with Gasteiger partial charge >= 0.3 is 5.97 Å². The Morgan fingerprint density at radius 2 is 1.84 bits per heavy atom. The maximum atomic E-state index is 14.7. The van der Waals surface area contributed by atoms with Crippen molar-refractivity contribution < 1.29 is 38.5 Å². The third-order valence-electron chi connectivity index (χ3n) is 10.1. The number of rotatable bonds is 18. The van der Waals surface area contributed by atoms with Crippen LogP contribution in [0.2, 0.25) is 0 Å². The zero-order valence-corrected chi connectivity index (χ0v) is 29.0. The first kappa shape index (κ1) is 36.8. The molecule has 2 aromatic carbocycles. The maximum absolute atomic E-state index is 14.7. The van der Waals surface area contributed by atoms with Crippen molar-refractivity contribution in [2.75, 3.05) is 31.7 Å². The average Bonchev–Trinajstić information content (AvgIpc) is 3.77. The van der Waals surface area contributed by atoms with E-state index in [1.807, 2.05) is 30.3 Å². The number of benzene rings is 2. The number of amides is 3. The van der Waals surface area contributed by atoms with Crippen LogP contribution in [-0.4, -0.2) is 84.3 Å². The van der Waals surface area contributed by atoms with E-state index in [1.54, 1.807) is 60.3 Å². The lowest BCUT2D eigenvalue weighted by atomic mass is 9.70. The molecular weight excluding hydrogens is 638 g/mol. The molecule has 3 heterocycles. The van der Waals surface area contributed by atoms with E-state index in [9.17, 15) is 24.3 Å². The molecule has 11 heteroatoms. The molecule has 3 amide bonds. The standard InChI is InChI=1S/C39H49N3O8/c1-5-7-16-31(44)40-26(3)34(27-14-10-8-11-15-27)49-38(47)32-30-21-22-39(50-30)33(32)36(45)42(24-12-9-13-25-43)35(39)37(46)41(23-6-2)28-17-19-29(48-4)20-18-28/h5-6,8,10-11,14-15,17-20,26,30,32-35,43H,1-2,7,9,12-13,16,21-25H2,3-4H3,(H,40,44)/t26-,30-,32+,33+,34-,35-,39+/m0/s1. The van der Waals surface area contributed by atoms with Gasteiger partial charge in [-0.1, -0.05) is 42.5 Å². The number of aliphatic hydroxyl groups excluding tert-OH is 1. The lowest BCUT2D eigenvalue weighted by molar-refractivity contribution is -0.162. The minimum atomic E-state index is -1.22. The number of unbranched alkanes of at least 4 members (excludes halogenated alkanes) is 2. The van der Waals surface area contributed by atoms with Crippen LogP contribution < -0.4 is 15.0 Å². The third-order valence-corrected chi connectivity index (χ3v) is 10.1. The second-order valence-electron chi connectivity index (χ2n) is 13.3. The van der Waals surface area contributed by atoms with Crippen molar-refractivity contribution in [1.82, 2.24) is 10.2 Å². The zero-order chi connectivity index (χ0) is 35.8. The zero-order valence-electron chi connectivity index (χ0n) is 29.0. The highest BCUT2D eigenvalue weighted by molar-refractivity contribution is 6.04. The number of aliphatic hydroxyl groups is 1. The molecule has 1 spiro atoms. The lowest BCUT2D eigenvalue weighted by Gasteiger charge is -2.37. The number of esters is 1. The van der Waals surface area contributed by atoms with Gasteiger partial charge < -0.3 is 34.4 Å². The Kier molecular flexibility index (Phi) is 12.1. The van der Waals surface area contributed by atoms with Gasteiger partial charge in [-0.3, -0.25) is 19.2 Å². The largest absolute Gasteiger partial charge is 0.497 e. The van der Waals surface area contributed by atoms with Crippen LogP contribution in [0.3, 0.4) is 0 Å². The van der Waals surface area contributed by atoms with Gasteiger partial charge in [0.2, 0.25) is 11.8 Å². The van der Waals surface area contributed by atoms with Crippen molar-refractivity contribution in [1.29, 1.82) is 0 Å². The fraction of sp³-hybridized carbons (Fsp3) is 0.487. The monoisotopic (exact) mass is 687 g/mol. The summed E-state index contributed by atoms with van der Waals surface area (Å²) in [4.78, 5) is 59.4. The van der Waals surface area contributed by atoms with E-state index in [0.717, 1.165) is 0 Å². The van der Waals surface area contributed by atoms with Crippen molar-refractivity contribution in [3.63, 3.8) is 0 Å². The van der Waals surface area contributed by atoms with Crippen molar-refractivity contribution >= 4 is 29.4 Å². The second-order valence-corrected chi connectivity index (χ2v) is 13.3. The van der Waals surface area contributed by atoms with Crippen LogP contribution in [-0.2, 0) is 28.7 Å². The Bertz CT molecular complexity index is 1530. The number of nitrogens with zero attached hydrogens (tertiary/aromatic N) is 2. The summed E-state index contributed by atoms with van der Waals surface area (Å²) in [5.41, 5.74) is 0.0895. The first-order chi connectivity index (χ1) is 24.2. The van der Waals surface area contributed by atoms with Crippen molar-refractivity contribution in [3.8, 4) is 5.75 Å². The summed E-state index contributed by atoms with van der Waals surface area (Å²) < 4.78 is 18.2. The topological polar surface area (TPSA) is 135 Å². The average molecular weight is 688 g/mol. The van der Waals surface area contributed by atoms with E-state index >= 15 is 0 Å². The van der Waals surface area contributed by atoms with Gasteiger partial charge in [-0.2, -0.15) is 0 Å². The summed E-state index contributed by atoms with van der Waals surface area (Å²) in [5, 5.41) is 12.3. The normalized spacial score (nSPS) is 24.6. The quantitative estimate of drug-likeness (QED) is 0.133. The molecule has 0 radical (unpaired) electrons. The number of nitrogens with one attached hydrogen (secondary N) is 1. The molecule has 0 aromatic heterocycles.